The fourth-order valence-electron chi connectivity index (χ4n) is 2.19. The molecule has 0 radical (unpaired) electrons. The largest absolute Gasteiger partial charge is 0.317 e. The monoisotopic (exact) mass is 189 g/mol. The van der Waals surface area contributed by atoms with E-state index in [1.54, 1.807) is 0 Å². The molecular weight excluding hydrogens is 170 g/mol. The van der Waals surface area contributed by atoms with Crippen molar-refractivity contribution in [2.45, 2.75) is 38.1 Å². The van der Waals surface area contributed by atoms with Gasteiger partial charge in [-0.2, -0.15) is 0 Å². The predicted octanol–water partition coefficient (Wildman–Crippen LogP) is 2.71. The van der Waals surface area contributed by atoms with Crippen molar-refractivity contribution < 1.29 is 0 Å². The molecule has 0 heterocycles. The summed E-state index contributed by atoms with van der Waals surface area (Å²) in [7, 11) is 2.06. The van der Waals surface area contributed by atoms with Gasteiger partial charge in [0.15, 0.2) is 0 Å². The van der Waals surface area contributed by atoms with E-state index in [0.717, 1.165) is 18.4 Å². The lowest BCUT2D eigenvalue weighted by Gasteiger charge is -2.35. The lowest BCUT2D eigenvalue weighted by molar-refractivity contribution is 0.307. The summed E-state index contributed by atoms with van der Waals surface area (Å²) in [5.41, 5.74) is 3.01. The maximum absolute atomic E-state index is 3.33. The number of hydrogen-bond acceptors (Lipinski definition) is 1. The second kappa shape index (κ2) is 4.14. The van der Waals surface area contributed by atoms with Gasteiger partial charge in [-0.3, -0.25) is 0 Å². The van der Waals surface area contributed by atoms with Gasteiger partial charge in [0.05, 0.1) is 0 Å². The van der Waals surface area contributed by atoms with Gasteiger partial charge in [0, 0.05) is 6.04 Å². The van der Waals surface area contributed by atoms with Crippen molar-refractivity contribution in [3.05, 3.63) is 35.4 Å². The average Bonchev–Trinajstić information content (AvgIpc) is 2.17. The normalized spacial score (nSPS) is 25.9. The molecule has 0 atom stereocenters. The molecule has 1 aliphatic rings. The van der Waals surface area contributed by atoms with Gasteiger partial charge in [-0.15, -0.1) is 0 Å². The van der Waals surface area contributed by atoms with Crippen LogP contribution >= 0.6 is 0 Å². The van der Waals surface area contributed by atoms with Gasteiger partial charge in [0.2, 0.25) is 0 Å². The van der Waals surface area contributed by atoms with Crippen LogP contribution in [0, 0.1) is 0 Å². The number of nitrogens with one attached hydrogen (secondary N) is 1. The number of aryl methyl sites for hydroxylation is 1. The van der Waals surface area contributed by atoms with Gasteiger partial charge in [-0.05, 0) is 43.4 Å². The Balaban J connectivity index is 2.03. The second-order valence-corrected chi connectivity index (χ2v) is 4.25. The van der Waals surface area contributed by atoms with Gasteiger partial charge < -0.3 is 5.32 Å². The first-order valence-corrected chi connectivity index (χ1v) is 5.59. The third-order valence-corrected chi connectivity index (χ3v) is 3.38. The van der Waals surface area contributed by atoms with Crippen molar-refractivity contribution in [2.75, 3.05) is 7.05 Å². The second-order valence-electron chi connectivity index (χ2n) is 4.25. The molecule has 0 amide bonds. The van der Waals surface area contributed by atoms with Crippen molar-refractivity contribution in [3.63, 3.8) is 0 Å². The molecule has 76 valence electrons. The third-order valence-electron chi connectivity index (χ3n) is 3.38. The highest BCUT2D eigenvalue weighted by Gasteiger charge is 2.28. The Bertz CT molecular complexity index is 300. The van der Waals surface area contributed by atoms with Crippen LogP contribution in [0.2, 0.25) is 0 Å². The molecule has 1 aromatic rings. The van der Waals surface area contributed by atoms with Crippen LogP contribution in [-0.4, -0.2) is 13.1 Å². The van der Waals surface area contributed by atoms with Gasteiger partial charge in [0.25, 0.3) is 0 Å². The molecule has 2 rings (SSSR count). The fourth-order valence-corrected chi connectivity index (χ4v) is 2.19. The zero-order valence-electron chi connectivity index (χ0n) is 9.09. The van der Waals surface area contributed by atoms with Crippen molar-refractivity contribution in [2.24, 2.45) is 0 Å². The molecule has 1 heteroatoms. The van der Waals surface area contributed by atoms with Crippen molar-refractivity contribution in [1.29, 1.82) is 0 Å². The highest BCUT2D eigenvalue weighted by atomic mass is 14.9. The summed E-state index contributed by atoms with van der Waals surface area (Å²) < 4.78 is 0. The van der Waals surface area contributed by atoms with Crippen LogP contribution in [0.15, 0.2) is 24.3 Å². The highest BCUT2D eigenvalue weighted by molar-refractivity contribution is 5.28. The molecule has 0 spiro atoms. The fraction of sp³-hybridized carbons (Fsp3) is 0.538. The number of rotatable bonds is 3. The zero-order chi connectivity index (χ0) is 9.97. The van der Waals surface area contributed by atoms with E-state index < -0.39 is 0 Å². The third kappa shape index (κ3) is 1.83. The first kappa shape index (κ1) is 9.72. The molecule has 0 aromatic heterocycles. The first-order chi connectivity index (χ1) is 6.83. The summed E-state index contributed by atoms with van der Waals surface area (Å²) in [5, 5.41) is 3.33. The Kier molecular flexibility index (Phi) is 2.87. The smallest absolute Gasteiger partial charge is 0.00757 e. The molecule has 1 nitrogen and oxygen atoms in total. The lowest BCUT2D eigenvalue weighted by atomic mass is 9.75. The Morgan fingerprint density at radius 1 is 1.36 bits per heavy atom. The standard InChI is InChI=1S/C13H19N/c1-3-10-5-4-6-11(7-10)12-8-13(9-12)14-2/h4-7,12-14H,3,8-9H2,1-2H3. The summed E-state index contributed by atoms with van der Waals surface area (Å²) in [4.78, 5) is 0. The Labute approximate surface area is 86.5 Å². The van der Waals surface area contributed by atoms with Crippen molar-refractivity contribution in [1.82, 2.24) is 5.32 Å². The van der Waals surface area contributed by atoms with Crippen molar-refractivity contribution >= 4 is 0 Å². The van der Waals surface area contributed by atoms with E-state index in [9.17, 15) is 0 Å². The minimum absolute atomic E-state index is 0.755. The summed E-state index contributed by atoms with van der Waals surface area (Å²) in [5.74, 6) is 0.805. The maximum Gasteiger partial charge on any atom is 0.00757 e. The van der Waals surface area contributed by atoms with E-state index in [1.165, 1.54) is 24.0 Å². The van der Waals surface area contributed by atoms with Gasteiger partial charge in [-0.25, -0.2) is 0 Å². The van der Waals surface area contributed by atoms with E-state index in [-0.39, 0.29) is 0 Å². The van der Waals surface area contributed by atoms with Gasteiger partial charge in [-0.1, -0.05) is 31.2 Å². The Hall–Kier alpha value is -0.820. The van der Waals surface area contributed by atoms with Crippen LogP contribution in [0.25, 0.3) is 0 Å². The van der Waals surface area contributed by atoms with Gasteiger partial charge in [0.1, 0.15) is 0 Å². The van der Waals surface area contributed by atoms with Crippen LogP contribution in [-0.2, 0) is 6.42 Å². The molecule has 0 saturated heterocycles. The maximum atomic E-state index is 3.33. The summed E-state index contributed by atoms with van der Waals surface area (Å²) in [6.45, 7) is 2.22. The van der Waals surface area contributed by atoms with Gasteiger partial charge >= 0.3 is 0 Å². The molecule has 1 aromatic carbocycles. The summed E-state index contributed by atoms with van der Waals surface area (Å²) in [6, 6.07) is 9.82. The molecule has 1 saturated carbocycles. The van der Waals surface area contributed by atoms with Crippen molar-refractivity contribution in [3.8, 4) is 0 Å². The molecule has 1 aliphatic carbocycles. The molecule has 0 aliphatic heterocycles. The highest BCUT2D eigenvalue weighted by Crippen LogP contribution is 2.36. The number of hydrogen-bond donors (Lipinski definition) is 1. The molecule has 14 heavy (non-hydrogen) atoms. The quantitative estimate of drug-likeness (QED) is 0.771. The first-order valence-electron chi connectivity index (χ1n) is 5.59. The molecule has 1 fully saturated rings. The van der Waals surface area contributed by atoms with E-state index >= 15 is 0 Å². The van der Waals surface area contributed by atoms with Crippen LogP contribution in [0.1, 0.15) is 36.8 Å². The summed E-state index contributed by atoms with van der Waals surface area (Å²) in [6.07, 6.45) is 3.77. The molecule has 1 N–H and O–H groups in total. The average molecular weight is 189 g/mol. The topological polar surface area (TPSA) is 12.0 Å². The molecule has 0 unspecified atom stereocenters. The van der Waals surface area contributed by atoms with Crippen LogP contribution < -0.4 is 5.32 Å². The Morgan fingerprint density at radius 2 is 2.14 bits per heavy atom. The molecular formula is C13H19N. The minimum Gasteiger partial charge on any atom is -0.317 e. The predicted molar refractivity (Wildman–Crippen MR) is 60.6 cm³/mol. The van der Waals surface area contributed by atoms with Crippen LogP contribution in [0.3, 0.4) is 0 Å². The lowest BCUT2D eigenvalue weighted by Crippen LogP contribution is -2.37. The SMILES string of the molecule is CCc1cccc(C2CC(NC)C2)c1. The van der Waals surface area contributed by atoms with Crippen LogP contribution in [0.5, 0.6) is 0 Å². The molecule has 0 bridgehead atoms. The zero-order valence-corrected chi connectivity index (χ0v) is 9.09. The number of benzene rings is 1. The van der Waals surface area contributed by atoms with E-state index in [1.807, 2.05) is 0 Å². The van der Waals surface area contributed by atoms with Crippen LogP contribution in [0.4, 0.5) is 0 Å². The summed E-state index contributed by atoms with van der Waals surface area (Å²) >= 11 is 0. The minimum atomic E-state index is 0.755. The van der Waals surface area contributed by atoms with E-state index in [0.29, 0.717) is 0 Å². The van der Waals surface area contributed by atoms with E-state index in [4.69, 9.17) is 0 Å². The van der Waals surface area contributed by atoms with E-state index in [2.05, 4.69) is 43.6 Å². The Morgan fingerprint density at radius 3 is 2.79 bits per heavy atom.